The van der Waals surface area contributed by atoms with Gasteiger partial charge in [-0.2, -0.15) is 0 Å². The normalized spacial score (nSPS) is 25.7. The minimum absolute atomic E-state index is 0.0577. The molecule has 4 unspecified atom stereocenters. The molecule has 2 bridgehead atoms. The average Bonchev–Trinajstić information content (AvgIpc) is 3.49. The Balaban J connectivity index is 1.18. The Kier molecular flexibility index (Phi) is 5.56. The number of fused-ring (bicyclic) bond motifs is 5. The van der Waals surface area contributed by atoms with Crippen LogP contribution in [0.15, 0.2) is 48.5 Å². The van der Waals surface area contributed by atoms with Crippen LogP contribution in [0.25, 0.3) is 11.1 Å². The zero-order valence-corrected chi connectivity index (χ0v) is 18.5. The van der Waals surface area contributed by atoms with Crippen LogP contribution in [0.3, 0.4) is 0 Å². The first-order valence-electron chi connectivity index (χ1n) is 11.6. The molecule has 3 aliphatic carbocycles. The van der Waals surface area contributed by atoms with Crippen molar-refractivity contribution in [3.8, 4) is 11.1 Å². The van der Waals surface area contributed by atoms with E-state index < -0.39 is 24.0 Å². The van der Waals surface area contributed by atoms with E-state index in [-0.39, 0.29) is 36.3 Å². The summed E-state index contributed by atoms with van der Waals surface area (Å²) in [6.07, 6.45) is 2.02. The molecule has 0 aliphatic heterocycles. The van der Waals surface area contributed by atoms with Gasteiger partial charge in [-0.1, -0.05) is 48.5 Å². The second-order valence-corrected chi connectivity index (χ2v) is 9.42. The molecule has 2 saturated carbocycles. The maximum atomic E-state index is 12.7. The number of rotatable bonds is 6. The van der Waals surface area contributed by atoms with Crippen LogP contribution in [0.4, 0.5) is 4.79 Å². The first kappa shape index (κ1) is 21.5. The molecule has 0 radical (unpaired) electrons. The van der Waals surface area contributed by atoms with Crippen LogP contribution in [0.1, 0.15) is 43.2 Å². The summed E-state index contributed by atoms with van der Waals surface area (Å²) >= 11 is 0. The summed E-state index contributed by atoms with van der Waals surface area (Å²) in [5, 5.41) is 15.0. The number of carbonyl (C=O) groups is 3. The first-order valence-corrected chi connectivity index (χ1v) is 11.6. The predicted molar refractivity (Wildman–Crippen MR) is 122 cm³/mol. The summed E-state index contributed by atoms with van der Waals surface area (Å²) in [6.45, 7) is 1.75. The third-order valence-electron chi connectivity index (χ3n) is 7.58. The lowest BCUT2D eigenvalue weighted by Crippen LogP contribution is -2.53. The number of carboxylic acids is 1. The number of carbonyl (C=O) groups excluding carboxylic acids is 2. The fourth-order valence-electron chi connectivity index (χ4n) is 6.03. The Morgan fingerprint density at radius 3 is 2.24 bits per heavy atom. The van der Waals surface area contributed by atoms with E-state index in [1.165, 1.54) is 0 Å². The average molecular weight is 449 g/mol. The van der Waals surface area contributed by atoms with Crippen LogP contribution in [0.2, 0.25) is 0 Å². The van der Waals surface area contributed by atoms with Crippen molar-refractivity contribution in [1.82, 2.24) is 10.6 Å². The van der Waals surface area contributed by atoms with Gasteiger partial charge in [0.05, 0.1) is 5.92 Å². The van der Waals surface area contributed by atoms with E-state index in [1.54, 1.807) is 6.92 Å². The van der Waals surface area contributed by atoms with E-state index in [0.717, 1.165) is 41.5 Å². The minimum atomic E-state index is -0.857. The molecule has 33 heavy (non-hydrogen) atoms. The zero-order valence-electron chi connectivity index (χ0n) is 18.5. The number of benzene rings is 2. The molecule has 3 N–H and O–H groups in total. The molecule has 172 valence electrons. The quantitative estimate of drug-likeness (QED) is 0.627. The summed E-state index contributed by atoms with van der Waals surface area (Å²) < 4.78 is 5.52. The smallest absolute Gasteiger partial charge is 0.407 e. The van der Waals surface area contributed by atoms with Gasteiger partial charge in [0, 0.05) is 12.0 Å². The maximum absolute atomic E-state index is 12.7. The Bertz CT molecular complexity index is 1050. The van der Waals surface area contributed by atoms with E-state index in [9.17, 15) is 19.5 Å². The zero-order chi connectivity index (χ0) is 23.1. The van der Waals surface area contributed by atoms with Gasteiger partial charge in [-0.15, -0.1) is 0 Å². The highest BCUT2D eigenvalue weighted by molar-refractivity contribution is 5.86. The van der Waals surface area contributed by atoms with Crippen molar-refractivity contribution in [2.75, 3.05) is 6.61 Å². The molecule has 5 rings (SSSR count). The van der Waals surface area contributed by atoms with Gasteiger partial charge < -0.3 is 20.5 Å². The van der Waals surface area contributed by atoms with E-state index in [1.807, 2.05) is 36.4 Å². The molecule has 0 aromatic heterocycles. The second-order valence-electron chi connectivity index (χ2n) is 9.42. The van der Waals surface area contributed by atoms with Crippen molar-refractivity contribution in [2.24, 2.45) is 17.8 Å². The molecule has 0 heterocycles. The van der Waals surface area contributed by atoms with Crippen molar-refractivity contribution < 1.29 is 24.2 Å². The topological polar surface area (TPSA) is 105 Å². The molecule has 3 aliphatic rings. The number of nitrogens with one attached hydrogen (secondary N) is 2. The van der Waals surface area contributed by atoms with E-state index in [0.29, 0.717) is 0 Å². The van der Waals surface area contributed by atoms with Gasteiger partial charge >= 0.3 is 12.1 Å². The number of hydrogen-bond donors (Lipinski definition) is 3. The lowest BCUT2D eigenvalue weighted by molar-refractivity contribution is -0.144. The number of aliphatic carboxylic acids is 1. The first-order chi connectivity index (χ1) is 15.9. The third-order valence-corrected chi connectivity index (χ3v) is 7.58. The minimum Gasteiger partial charge on any atom is -0.481 e. The van der Waals surface area contributed by atoms with Gasteiger partial charge in [0.15, 0.2) is 0 Å². The van der Waals surface area contributed by atoms with E-state index in [4.69, 9.17) is 4.74 Å². The van der Waals surface area contributed by atoms with Crippen LogP contribution >= 0.6 is 0 Å². The van der Waals surface area contributed by atoms with Crippen LogP contribution in [0.5, 0.6) is 0 Å². The SMILES string of the molecule is C[C@@H](NC(=O)OCC1c2ccccc2-c2ccccc21)C(=O)NC1C2CCC(C2)C1C(=O)O. The Morgan fingerprint density at radius 2 is 1.61 bits per heavy atom. The molecule has 0 spiro atoms. The fraction of sp³-hybridized carbons (Fsp3) is 0.423. The van der Waals surface area contributed by atoms with Crippen molar-refractivity contribution >= 4 is 18.0 Å². The summed E-state index contributed by atoms with van der Waals surface area (Å²) in [5.41, 5.74) is 4.53. The van der Waals surface area contributed by atoms with Crippen LogP contribution in [-0.2, 0) is 14.3 Å². The Hall–Kier alpha value is -3.35. The van der Waals surface area contributed by atoms with E-state index in [2.05, 4.69) is 22.8 Å². The predicted octanol–water partition coefficient (Wildman–Crippen LogP) is 3.53. The summed E-state index contributed by atoms with van der Waals surface area (Å²) in [4.78, 5) is 36.8. The molecule has 2 aromatic carbocycles. The standard InChI is InChI=1S/C26H28N2O5/c1-14(24(29)28-23-16-11-10-15(12-16)22(23)25(30)31)27-26(32)33-13-21-19-8-4-2-6-17(19)18-7-3-5-9-20(18)21/h2-9,14-16,21-23H,10-13H2,1H3,(H,27,32)(H,28,29)(H,30,31)/t14-,15?,16?,22?,23?/m1/s1. The Morgan fingerprint density at radius 1 is 1.00 bits per heavy atom. The highest BCUT2D eigenvalue weighted by atomic mass is 16.5. The number of amides is 2. The molecule has 7 heteroatoms. The maximum Gasteiger partial charge on any atom is 0.407 e. The highest BCUT2D eigenvalue weighted by Gasteiger charge is 2.51. The van der Waals surface area contributed by atoms with Crippen LogP contribution in [0, 0.1) is 17.8 Å². The highest BCUT2D eigenvalue weighted by Crippen LogP contribution is 2.48. The lowest BCUT2D eigenvalue weighted by atomic mass is 9.84. The van der Waals surface area contributed by atoms with Gasteiger partial charge in [-0.25, -0.2) is 4.79 Å². The van der Waals surface area contributed by atoms with Crippen molar-refractivity contribution in [2.45, 2.75) is 44.2 Å². The fourth-order valence-corrected chi connectivity index (χ4v) is 6.03. The van der Waals surface area contributed by atoms with E-state index >= 15 is 0 Å². The molecule has 0 saturated heterocycles. The van der Waals surface area contributed by atoms with Gasteiger partial charge in [-0.3, -0.25) is 9.59 Å². The molecule has 2 amide bonds. The number of alkyl carbamates (subject to hydrolysis) is 1. The monoisotopic (exact) mass is 448 g/mol. The van der Waals surface area contributed by atoms with Crippen LogP contribution < -0.4 is 10.6 Å². The van der Waals surface area contributed by atoms with Gasteiger partial charge in [0.2, 0.25) is 5.91 Å². The number of carboxylic acid groups (broad SMARTS) is 1. The second kappa shape index (κ2) is 8.54. The number of hydrogen-bond acceptors (Lipinski definition) is 4. The molecule has 2 aromatic rings. The molecule has 5 atom stereocenters. The Labute approximate surface area is 192 Å². The van der Waals surface area contributed by atoms with Crippen molar-refractivity contribution in [3.63, 3.8) is 0 Å². The molecule has 7 nitrogen and oxygen atoms in total. The summed E-state index contributed by atoms with van der Waals surface area (Å²) in [7, 11) is 0. The molecular formula is C26H28N2O5. The largest absolute Gasteiger partial charge is 0.481 e. The third kappa shape index (κ3) is 3.86. The van der Waals surface area contributed by atoms with Gasteiger partial charge in [-0.05, 0) is 60.3 Å². The van der Waals surface area contributed by atoms with Crippen LogP contribution in [-0.4, -0.2) is 41.8 Å². The van der Waals surface area contributed by atoms with Gasteiger partial charge in [0.1, 0.15) is 12.6 Å². The molecule has 2 fully saturated rings. The summed E-state index contributed by atoms with van der Waals surface area (Å²) in [5.74, 6) is -1.52. The summed E-state index contributed by atoms with van der Waals surface area (Å²) in [6, 6.07) is 15.0. The number of ether oxygens (including phenoxy) is 1. The van der Waals surface area contributed by atoms with Gasteiger partial charge in [0.25, 0.3) is 0 Å². The van der Waals surface area contributed by atoms with Crippen molar-refractivity contribution in [3.05, 3.63) is 59.7 Å². The van der Waals surface area contributed by atoms with Crippen molar-refractivity contribution in [1.29, 1.82) is 0 Å². The lowest BCUT2D eigenvalue weighted by Gasteiger charge is -2.30. The molecular weight excluding hydrogens is 420 g/mol.